The number of likely N-dealkylation sites (tertiary alicyclic amines) is 1. The molecule has 3 rings (SSSR count). The number of pyridine rings is 1. The van der Waals surface area contributed by atoms with Crippen molar-refractivity contribution < 1.29 is 0 Å². The number of rotatable bonds is 6. The summed E-state index contributed by atoms with van der Waals surface area (Å²) in [6.45, 7) is 8.88. The first kappa shape index (κ1) is 18.6. The van der Waals surface area contributed by atoms with Gasteiger partial charge in [0.05, 0.1) is 0 Å². The first-order valence-corrected chi connectivity index (χ1v) is 9.64. The summed E-state index contributed by atoms with van der Waals surface area (Å²) in [7, 11) is 1.83. The SMILES string of the molecule is CN=C(NCCc1nnc2ccccn12)NC1CCN(CC(C)C)CC1. The zero-order chi connectivity index (χ0) is 18.4. The Kier molecular flexibility index (Phi) is 6.44. The van der Waals surface area contributed by atoms with Crippen LogP contribution in [0.25, 0.3) is 5.65 Å². The molecule has 3 heterocycles. The van der Waals surface area contributed by atoms with Crippen molar-refractivity contribution >= 4 is 11.6 Å². The van der Waals surface area contributed by atoms with E-state index < -0.39 is 0 Å². The van der Waals surface area contributed by atoms with Crippen molar-refractivity contribution in [1.29, 1.82) is 0 Å². The third-order valence-corrected chi connectivity index (χ3v) is 4.80. The predicted molar refractivity (Wildman–Crippen MR) is 105 cm³/mol. The molecular formula is C19H31N7. The van der Waals surface area contributed by atoms with Gasteiger partial charge in [-0.3, -0.25) is 9.39 Å². The number of aliphatic imine (C=N–C) groups is 1. The number of aromatic nitrogens is 3. The van der Waals surface area contributed by atoms with Crippen molar-refractivity contribution in [2.45, 2.75) is 39.2 Å². The lowest BCUT2D eigenvalue weighted by Crippen LogP contribution is -2.49. The number of hydrogen-bond acceptors (Lipinski definition) is 4. The van der Waals surface area contributed by atoms with Crippen LogP contribution in [0.4, 0.5) is 0 Å². The molecule has 0 bridgehead atoms. The quantitative estimate of drug-likeness (QED) is 0.606. The van der Waals surface area contributed by atoms with Crippen molar-refractivity contribution in [2.24, 2.45) is 10.9 Å². The Labute approximate surface area is 155 Å². The highest BCUT2D eigenvalue weighted by molar-refractivity contribution is 5.79. The average molecular weight is 358 g/mol. The average Bonchev–Trinajstić information content (AvgIpc) is 3.05. The molecule has 7 heteroatoms. The molecule has 0 aliphatic carbocycles. The fraction of sp³-hybridized carbons (Fsp3) is 0.632. The summed E-state index contributed by atoms with van der Waals surface area (Å²) in [4.78, 5) is 6.93. The van der Waals surface area contributed by atoms with E-state index in [1.165, 1.54) is 32.5 Å². The highest BCUT2D eigenvalue weighted by Crippen LogP contribution is 2.12. The standard InChI is InChI=1S/C19H31N7/c1-15(2)14-25-12-8-16(9-13-25)22-19(20-3)21-10-7-18-24-23-17-6-4-5-11-26(17)18/h4-6,11,15-16H,7-10,12-14H2,1-3H3,(H2,20,21,22). The molecule has 1 saturated heterocycles. The zero-order valence-corrected chi connectivity index (χ0v) is 16.1. The van der Waals surface area contributed by atoms with Crippen LogP contribution in [0.3, 0.4) is 0 Å². The van der Waals surface area contributed by atoms with Crippen LogP contribution in [-0.4, -0.2) is 64.7 Å². The Morgan fingerprint density at radius 1 is 1.27 bits per heavy atom. The summed E-state index contributed by atoms with van der Waals surface area (Å²) in [6.07, 6.45) is 5.14. The third kappa shape index (κ3) is 4.94. The van der Waals surface area contributed by atoms with E-state index in [-0.39, 0.29) is 0 Å². The van der Waals surface area contributed by atoms with Gasteiger partial charge in [-0.15, -0.1) is 10.2 Å². The first-order chi connectivity index (χ1) is 12.7. The minimum atomic E-state index is 0.499. The maximum atomic E-state index is 4.37. The summed E-state index contributed by atoms with van der Waals surface area (Å²) in [5.41, 5.74) is 0.887. The minimum absolute atomic E-state index is 0.499. The molecule has 142 valence electrons. The summed E-state index contributed by atoms with van der Waals surface area (Å²) in [6, 6.07) is 6.44. The van der Waals surface area contributed by atoms with E-state index in [2.05, 4.69) is 44.6 Å². The molecule has 7 nitrogen and oxygen atoms in total. The number of hydrogen-bond donors (Lipinski definition) is 2. The lowest BCUT2D eigenvalue weighted by atomic mass is 10.0. The lowest BCUT2D eigenvalue weighted by molar-refractivity contribution is 0.187. The van der Waals surface area contributed by atoms with Crippen LogP contribution in [0.2, 0.25) is 0 Å². The van der Waals surface area contributed by atoms with Gasteiger partial charge in [0.15, 0.2) is 11.6 Å². The van der Waals surface area contributed by atoms with Crippen molar-refractivity contribution in [3.63, 3.8) is 0 Å². The van der Waals surface area contributed by atoms with E-state index in [1.807, 2.05) is 35.8 Å². The van der Waals surface area contributed by atoms with E-state index in [1.54, 1.807) is 0 Å². The molecule has 2 aromatic heterocycles. The minimum Gasteiger partial charge on any atom is -0.356 e. The maximum Gasteiger partial charge on any atom is 0.191 e. The number of piperidine rings is 1. The number of fused-ring (bicyclic) bond motifs is 1. The molecule has 0 spiro atoms. The molecule has 0 unspecified atom stereocenters. The van der Waals surface area contributed by atoms with Gasteiger partial charge < -0.3 is 15.5 Å². The van der Waals surface area contributed by atoms with Gasteiger partial charge in [0.25, 0.3) is 0 Å². The van der Waals surface area contributed by atoms with Crippen LogP contribution >= 0.6 is 0 Å². The van der Waals surface area contributed by atoms with Gasteiger partial charge in [0.2, 0.25) is 0 Å². The Balaban J connectivity index is 1.43. The van der Waals surface area contributed by atoms with Crippen molar-refractivity contribution in [1.82, 2.24) is 30.1 Å². The van der Waals surface area contributed by atoms with Crippen LogP contribution in [0.15, 0.2) is 29.4 Å². The first-order valence-electron chi connectivity index (χ1n) is 9.64. The summed E-state index contributed by atoms with van der Waals surface area (Å²) in [5.74, 6) is 2.58. The molecule has 2 aromatic rings. The maximum absolute atomic E-state index is 4.37. The normalized spacial score (nSPS) is 17.2. The zero-order valence-electron chi connectivity index (χ0n) is 16.1. The van der Waals surface area contributed by atoms with E-state index in [9.17, 15) is 0 Å². The van der Waals surface area contributed by atoms with Crippen molar-refractivity contribution in [2.75, 3.05) is 33.2 Å². The van der Waals surface area contributed by atoms with Crippen LogP contribution < -0.4 is 10.6 Å². The number of guanidine groups is 1. The topological polar surface area (TPSA) is 69.8 Å². The van der Waals surface area contributed by atoms with Gasteiger partial charge in [-0.05, 0) is 30.9 Å². The van der Waals surface area contributed by atoms with E-state index in [4.69, 9.17) is 0 Å². The largest absolute Gasteiger partial charge is 0.356 e. The lowest BCUT2D eigenvalue weighted by Gasteiger charge is -2.33. The highest BCUT2D eigenvalue weighted by Gasteiger charge is 2.20. The number of nitrogens with zero attached hydrogens (tertiary/aromatic N) is 5. The van der Waals surface area contributed by atoms with Gasteiger partial charge in [0.1, 0.15) is 5.82 Å². The Bertz CT molecular complexity index is 714. The van der Waals surface area contributed by atoms with Crippen LogP contribution in [-0.2, 0) is 6.42 Å². The molecule has 0 atom stereocenters. The fourth-order valence-electron chi connectivity index (χ4n) is 3.52. The van der Waals surface area contributed by atoms with Crippen LogP contribution in [0.1, 0.15) is 32.5 Å². The molecule has 0 aromatic carbocycles. The summed E-state index contributed by atoms with van der Waals surface area (Å²) in [5, 5.41) is 15.4. The Hall–Kier alpha value is -2.15. The molecule has 2 N–H and O–H groups in total. The molecule has 0 saturated carbocycles. The second kappa shape index (κ2) is 8.98. The predicted octanol–water partition coefficient (Wildman–Crippen LogP) is 1.56. The van der Waals surface area contributed by atoms with E-state index in [0.717, 1.165) is 36.3 Å². The number of nitrogens with one attached hydrogen (secondary N) is 2. The summed E-state index contributed by atoms with van der Waals surface area (Å²) < 4.78 is 2.03. The molecular weight excluding hydrogens is 326 g/mol. The van der Waals surface area contributed by atoms with Crippen molar-refractivity contribution in [3.8, 4) is 0 Å². The highest BCUT2D eigenvalue weighted by atomic mass is 15.3. The molecule has 0 radical (unpaired) electrons. The van der Waals surface area contributed by atoms with E-state index >= 15 is 0 Å². The van der Waals surface area contributed by atoms with Gasteiger partial charge >= 0.3 is 0 Å². The van der Waals surface area contributed by atoms with Gasteiger partial charge in [0, 0.05) is 51.9 Å². The second-order valence-electron chi connectivity index (χ2n) is 7.41. The van der Waals surface area contributed by atoms with Gasteiger partial charge in [-0.1, -0.05) is 19.9 Å². The van der Waals surface area contributed by atoms with E-state index in [0.29, 0.717) is 6.04 Å². The van der Waals surface area contributed by atoms with Crippen LogP contribution in [0.5, 0.6) is 0 Å². The molecule has 26 heavy (non-hydrogen) atoms. The molecule has 0 amide bonds. The summed E-state index contributed by atoms with van der Waals surface area (Å²) >= 11 is 0. The fourth-order valence-corrected chi connectivity index (χ4v) is 3.52. The van der Waals surface area contributed by atoms with Gasteiger partial charge in [-0.2, -0.15) is 0 Å². The second-order valence-corrected chi connectivity index (χ2v) is 7.41. The molecule has 1 aliphatic heterocycles. The Morgan fingerprint density at radius 2 is 2.08 bits per heavy atom. The smallest absolute Gasteiger partial charge is 0.191 e. The monoisotopic (exact) mass is 357 g/mol. The molecule has 1 fully saturated rings. The van der Waals surface area contributed by atoms with Crippen molar-refractivity contribution in [3.05, 3.63) is 30.2 Å². The van der Waals surface area contributed by atoms with Gasteiger partial charge in [-0.25, -0.2) is 0 Å². The third-order valence-electron chi connectivity index (χ3n) is 4.80. The van der Waals surface area contributed by atoms with Crippen LogP contribution in [0, 0.1) is 5.92 Å². The Morgan fingerprint density at radius 3 is 2.81 bits per heavy atom. The molecule has 1 aliphatic rings.